The van der Waals surface area contributed by atoms with Gasteiger partial charge in [0.2, 0.25) is 0 Å². The second kappa shape index (κ2) is 5.38. The number of rotatable bonds is 2. The van der Waals surface area contributed by atoms with Crippen LogP contribution in [0.2, 0.25) is 0 Å². The predicted octanol–water partition coefficient (Wildman–Crippen LogP) is 3.11. The first-order valence-corrected chi connectivity index (χ1v) is 7.03. The van der Waals surface area contributed by atoms with Crippen molar-refractivity contribution in [2.45, 2.75) is 18.8 Å². The minimum Gasteiger partial charge on any atom is -0.334 e. The standard InChI is InChI=1S/C13H13BrFN3O/c14-9-4-1-5-10(15)11(9)13-17-12(18-19-13)8-3-2-6-16-7-8/h1,4-5,8,16H,2-3,6-7H2. The molecule has 1 aliphatic rings. The zero-order chi connectivity index (χ0) is 13.2. The first kappa shape index (κ1) is 12.7. The minimum absolute atomic E-state index is 0.227. The molecular formula is C13H13BrFN3O. The molecule has 3 rings (SSSR count). The maximum atomic E-state index is 13.8. The van der Waals surface area contributed by atoms with Gasteiger partial charge in [0.25, 0.3) is 5.89 Å². The number of nitrogens with zero attached hydrogens (tertiary/aromatic N) is 2. The van der Waals surface area contributed by atoms with Crippen LogP contribution in [0.1, 0.15) is 24.6 Å². The Kier molecular flexibility index (Phi) is 3.61. The maximum absolute atomic E-state index is 13.8. The molecule has 1 saturated heterocycles. The molecule has 6 heteroatoms. The SMILES string of the molecule is Fc1cccc(Br)c1-c1nc(C2CCCNC2)no1. The highest BCUT2D eigenvalue weighted by Gasteiger charge is 2.23. The number of nitrogens with one attached hydrogen (secondary N) is 1. The van der Waals surface area contributed by atoms with E-state index in [-0.39, 0.29) is 17.6 Å². The summed E-state index contributed by atoms with van der Waals surface area (Å²) in [5.41, 5.74) is 0.324. The van der Waals surface area contributed by atoms with Crippen LogP contribution in [0.15, 0.2) is 27.2 Å². The Morgan fingerprint density at radius 3 is 3.05 bits per heavy atom. The second-order valence-electron chi connectivity index (χ2n) is 4.60. The molecule has 1 aromatic heterocycles. The number of benzene rings is 1. The summed E-state index contributed by atoms with van der Waals surface area (Å²) in [6.45, 7) is 1.87. The molecule has 1 N–H and O–H groups in total. The van der Waals surface area contributed by atoms with E-state index in [0.29, 0.717) is 15.9 Å². The molecule has 19 heavy (non-hydrogen) atoms. The summed E-state index contributed by atoms with van der Waals surface area (Å²) in [4.78, 5) is 4.34. The Balaban J connectivity index is 1.92. The highest BCUT2D eigenvalue weighted by molar-refractivity contribution is 9.10. The fourth-order valence-corrected chi connectivity index (χ4v) is 2.79. The summed E-state index contributed by atoms with van der Waals surface area (Å²) in [6.07, 6.45) is 2.13. The van der Waals surface area contributed by atoms with Gasteiger partial charge in [-0.05, 0) is 47.4 Å². The lowest BCUT2D eigenvalue weighted by molar-refractivity contribution is 0.392. The normalized spacial score (nSPS) is 19.6. The summed E-state index contributed by atoms with van der Waals surface area (Å²) < 4.78 is 19.6. The van der Waals surface area contributed by atoms with Gasteiger partial charge in [0, 0.05) is 16.9 Å². The van der Waals surface area contributed by atoms with Gasteiger partial charge in [-0.25, -0.2) is 4.39 Å². The zero-order valence-corrected chi connectivity index (χ0v) is 11.8. The molecule has 0 bridgehead atoms. The second-order valence-corrected chi connectivity index (χ2v) is 5.45. The molecule has 0 aliphatic carbocycles. The predicted molar refractivity (Wildman–Crippen MR) is 72.2 cm³/mol. The van der Waals surface area contributed by atoms with E-state index in [1.807, 2.05) is 0 Å². The zero-order valence-electron chi connectivity index (χ0n) is 10.2. The van der Waals surface area contributed by atoms with Crippen LogP contribution in [0.4, 0.5) is 4.39 Å². The molecule has 1 atom stereocenters. The molecule has 0 saturated carbocycles. The average Bonchev–Trinajstić information content (AvgIpc) is 2.89. The molecule has 2 heterocycles. The summed E-state index contributed by atoms with van der Waals surface area (Å²) >= 11 is 3.31. The highest BCUT2D eigenvalue weighted by Crippen LogP contribution is 2.31. The van der Waals surface area contributed by atoms with Crippen molar-refractivity contribution in [3.05, 3.63) is 34.3 Å². The minimum atomic E-state index is -0.369. The van der Waals surface area contributed by atoms with Gasteiger partial charge in [0.05, 0.1) is 5.56 Å². The maximum Gasteiger partial charge on any atom is 0.262 e. The molecule has 100 valence electrons. The lowest BCUT2D eigenvalue weighted by atomic mass is 9.99. The first-order valence-electron chi connectivity index (χ1n) is 6.24. The van der Waals surface area contributed by atoms with E-state index < -0.39 is 0 Å². The third-order valence-corrected chi connectivity index (χ3v) is 3.94. The largest absolute Gasteiger partial charge is 0.334 e. The summed E-state index contributed by atoms with van der Waals surface area (Å²) in [6, 6.07) is 4.77. The van der Waals surface area contributed by atoms with Crippen molar-refractivity contribution < 1.29 is 8.91 Å². The molecule has 1 aliphatic heterocycles. The summed E-state index contributed by atoms with van der Waals surface area (Å²) in [5.74, 6) is 0.756. The Morgan fingerprint density at radius 2 is 2.32 bits per heavy atom. The lowest BCUT2D eigenvalue weighted by Gasteiger charge is -2.19. The van der Waals surface area contributed by atoms with Gasteiger partial charge in [-0.2, -0.15) is 4.98 Å². The Labute approximate surface area is 118 Å². The van der Waals surface area contributed by atoms with Gasteiger partial charge in [0.15, 0.2) is 5.82 Å². The number of aromatic nitrogens is 2. The first-order chi connectivity index (χ1) is 9.25. The highest BCUT2D eigenvalue weighted by atomic mass is 79.9. The van der Waals surface area contributed by atoms with E-state index in [1.54, 1.807) is 12.1 Å². The molecule has 1 unspecified atom stereocenters. The van der Waals surface area contributed by atoms with Crippen molar-refractivity contribution in [3.63, 3.8) is 0 Å². The van der Waals surface area contributed by atoms with Crippen LogP contribution in [0.3, 0.4) is 0 Å². The van der Waals surface area contributed by atoms with Crippen molar-refractivity contribution in [2.75, 3.05) is 13.1 Å². The molecule has 1 fully saturated rings. The lowest BCUT2D eigenvalue weighted by Crippen LogP contribution is -2.28. The van der Waals surface area contributed by atoms with E-state index in [0.717, 1.165) is 25.9 Å². The molecule has 0 amide bonds. The van der Waals surface area contributed by atoms with Crippen LogP contribution in [-0.2, 0) is 0 Å². The molecule has 0 spiro atoms. The molecule has 1 aromatic carbocycles. The fourth-order valence-electron chi connectivity index (χ4n) is 2.28. The topological polar surface area (TPSA) is 51.0 Å². The van der Waals surface area contributed by atoms with Crippen molar-refractivity contribution >= 4 is 15.9 Å². The van der Waals surface area contributed by atoms with Crippen molar-refractivity contribution in [1.29, 1.82) is 0 Å². The van der Waals surface area contributed by atoms with Gasteiger partial charge >= 0.3 is 0 Å². The van der Waals surface area contributed by atoms with Crippen LogP contribution in [0, 0.1) is 5.82 Å². The third kappa shape index (κ3) is 2.55. The van der Waals surface area contributed by atoms with E-state index in [4.69, 9.17) is 4.52 Å². The smallest absolute Gasteiger partial charge is 0.262 e. The van der Waals surface area contributed by atoms with Crippen molar-refractivity contribution in [2.24, 2.45) is 0 Å². The number of hydrogen-bond donors (Lipinski definition) is 1. The van der Waals surface area contributed by atoms with Gasteiger partial charge in [-0.15, -0.1) is 0 Å². The Morgan fingerprint density at radius 1 is 1.42 bits per heavy atom. The monoisotopic (exact) mass is 325 g/mol. The van der Waals surface area contributed by atoms with Crippen molar-refractivity contribution in [3.8, 4) is 11.5 Å². The fraction of sp³-hybridized carbons (Fsp3) is 0.385. The van der Waals surface area contributed by atoms with E-state index in [9.17, 15) is 4.39 Å². The Bertz CT molecular complexity index is 561. The summed E-state index contributed by atoms with van der Waals surface area (Å²) in [7, 11) is 0. The van der Waals surface area contributed by atoms with Crippen LogP contribution in [0.5, 0.6) is 0 Å². The van der Waals surface area contributed by atoms with E-state index in [1.165, 1.54) is 6.07 Å². The average molecular weight is 326 g/mol. The molecule has 2 aromatic rings. The van der Waals surface area contributed by atoms with Gasteiger partial charge < -0.3 is 9.84 Å². The number of piperidine rings is 1. The number of hydrogen-bond acceptors (Lipinski definition) is 4. The van der Waals surface area contributed by atoms with Crippen LogP contribution in [0.25, 0.3) is 11.5 Å². The van der Waals surface area contributed by atoms with Crippen LogP contribution >= 0.6 is 15.9 Å². The Hall–Kier alpha value is -1.27. The third-order valence-electron chi connectivity index (χ3n) is 3.28. The van der Waals surface area contributed by atoms with E-state index >= 15 is 0 Å². The van der Waals surface area contributed by atoms with Gasteiger partial charge in [0.1, 0.15) is 5.82 Å². The van der Waals surface area contributed by atoms with Crippen molar-refractivity contribution in [1.82, 2.24) is 15.5 Å². The molecule has 4 nitrogen and oxygen atoms in total. The van der Waals surface area contributed by atoms with Gasteiger partial charge in [-0.1, -0.05) is 11.2 Å². The molecular weight excluding hydrogens is 313 g/mol. The quantitative estimate of drug-likeness (QED) is 0.921. The summed E-state index contributed by atoms with van der Waals surface area (Å²) in [5, 5.41) is 7.28. The van der Waals surface area contributed by atoms with E-state index in [2.05, 4.69) is 31.4 Å². The molecule has 0 radical (unpaired) electrons. The van der Waals surface area contributed by atoms with Crippen LogP contribution < -0.4 is 5.32 Å². The number of halogens is 2. The van der Waals surface area contributed by atoms with Crippen LogP contribution in [-0.4, -0.2) is 23.2 Å². The van der Waals surface area contributed by atoms with Gasteiger partial charge in [-0.3, -0.25) is 0 Å².